The maximum atomic E-state index is 12.5. The van der Waals surface area contributed by atoms with Crippen LogP contribution in [0.2, 0.25) is 0 Å². The van der Waals surface area contributed by atoms with E-state index in [1.54, 1.807) is 4.68 Å². The molecule has 0 fully saturated rings. The van der Waals surface area contributed by atoms with Gasteiger partial charge in [0.05, 0.1) is 5.69 Å². The molecule has 2 N–H and O–H groups in total. The van der Waals surface area contributed by atoms with Gasteiger partial charge in [-0.1, -0.05) is 37.3 Å². The topological polar surface area (TPSA) is 89.7 Å². The summed E-state index contributed by atoms with van der Waals surface area (Å²) in [7, 11) is 1.83. The van der Waals surface area contributed by atoms with Crippen LogP contribution in [0.5, 0.6) is 0 Å². The average molecular weight is 379 g/mol. The number of benzene rings is 1. The summed E-state index contributed by atoms with van der Waals surface area (Å²) in [6, 6.07) is 12.0. The number of fused-ring (bicyclic) bond motifs is 1. The summed E-state index contributed by atoms with van der Waals surface area (Å²) < 4.78 is 3.83. The predicted octanol–water partition coefficient (Wildman–Crippen LogP) is 2.30. The van der Waals surface area contributed by atoms with Crippen LogP contribution < -0.4 is 10.6 Å². The third kappa shape index (κ3) is 3.90. The van der Waals surface area contributed by atoms with E-state index in [0.29, 0.717) is 12.4 Å². The second-order valence-electron chi connectivity index (χ2n) is 7.14. The molecule has 1 aliphatic rings. The van der Waals surface area contributed by atoms with Crippen LogP contribution in [-0.2, 0) is 32.9 Å². The molecule has 3 aromatic rings. The first-order valence-corrected chi connectivity index (χ1v) is 9.67. The number of rotatable bonds is 5. The molecule has 2 amide bonds. The summed E-state index contributed by atoms with van der Waals surface area (Å²) in [5.74, 6) is 2.62. The van der Waals surface area contributed by atoms with Crippen LogP contribution in [0, 0.1) is 0 Å². The third-order valence-electron chi connectivity index (χ3n) is 5.10. The monoisotopic (exact) mass is 379 g/mol. The Balaban J connectivity index is 1.40. The van der Waals surface area contributed by atoms with Crippen molar-refractivity contribution >= 4 is 11.8 Å². The molecular formula is C20H25N7O. The van der Waals surface area contributed by atoms with Gasteiger partial charge in [-0.3, -0.25) is 10.00 Å². The number of amides is 2. The molecular weight excluding hydrogens is 354 g/mol. The van der Waals surface area contributed by atoms with Gasteiger partial charge in [0.25, 0.3) is 0 Å². The summed E-state index contributed by atoms with van der Waals surface area (Å²) in [5.41, 5.74) is 2.16. The van der Waals surface area contributed by atoms with Gasteiger partial charge in [-0.2, -0.15) is 5.10 Å². The number of carbonyl (C=O) groups excluding carboxylic acids is 1. The molecule has 1 aliphatic heterocycles. The van der Waals surface area contributed by atoms with Crippen molar-refractivity contribution in [3.63, 3.8) is 0 Å². The fourth-order valence-electron chi connectivity index (χ4n) is 3.56. The number of hydrogen-bond donors (Lipinski definition) is 2. The second-order valence-corrected chi connectivity index (χ2v) is 7.14. The Morgan fingerprint density at radius 1 is 1.25 bits per heavy atom. The molecule has 1 atom stereocenters. The number of aromatic nitrogens is 5. The number of nitrogens with zero attached hydrogens (tertiary/aromatic N) is 5. The van der Waals surface area contributed by atoms with Crippen molar-refractivity contribution in [2.45, 2.75) is 45.2 Å². The predicted molar refractivity (Wildman–Crippen MR) is 106 cm³/mol. The summed E-state index contributed by atoms with van der Waals surface area (Å²) in [6.45, 7) is 2.72. The smallest absolute Gasteiger partial charge is 0.320 e. The normalized spacial score (nSPS) is 15.9. The zero-order valence-electron chi connectivity index (χ0n) is 16.2. The van der Waals surface area contributed by atoms with E-state index in [0.717, 1.165) is 43.0 Å². The van der Waals surface area contributed by atoms with Crippen molar-refractivity contribution < 1.29 is 4.79 Å². The Kier molecular flexibility index (Phi) is 5.10. The Hall–Kier alpha value is -3.16. The maximum absolute atomic E-state index is 12.5. The van der Waals surface area contributed by atoms with E-state index in [2.05, 4.69) is 42.6 Å². The molecule has 28 heavy (non-hydrogen) atoms. The Labute approximate surface area is 164 Å². The van der Waals surface area contributed by atoms with Crippen molar-refractivity contribution in [1.29, 1.82) is 0 Å². The van der Waals surface area contributed by atoms with Crippen LogP contribution in [0.4, 0.5) is 10.6 Å². The minimum atomic E-state index is -0.211. The maximum Gasteiger partial charge on any atom is 0.320 e. The molecule has 146 valence electrons. The van der Waals surface area contributed by atoms with Crippen molar-refractivity contribution in [2.75, 3.05) is 5.32 Å². The van der Waals surface area contributed by atoms with Gasteiger partial charge in [0.15, 0.2) is 0 Å². The van der Waals surface area contributed by atoms with E-state index in [4.69, 9.17) is 0 Å². The lowest BCUT2D eigenvalue weighted by atomic mass is 10.1. The van der Waals surface area contributed by atoms with E-state index in [1.807, 2.05) is 38.2 Å². The highest BCUT2D eigenvalue weighted by Gasteiger charge is 2.24. The molecule has 4 rings (SSSR count). The van der Waals surface area contributed by atoms with Crippen LogP contribution in [0.25, 0.3) is 0 Å². The molecule has 1 aromatic carbocycles. The van der Waals surface area contributed by atoms with Gasteiger partial charge in [-0.25, -0.2) is 4.79 Å². The van der Waals surface area contributed by atoms with E-state index >= 15 is 0 Å². The quantitative estimate of drug-likeness (QED) is 0.712. The first-order chi connectivity index (χ1) is 13.6. The van der Waals surface area contributed by atoms with Gasteiger partial charge in [-0.15, -0.1) is 10.2 Å². The second kappa shape index (κ2) is 7.84. The summed E-state index contributed by atoms with van der Waals surface area (Å²) >= 11 is 0. The Morgan fingerprint density at radius 2 is 2.07 bits per heavy atom. The van der Waals surface area contributed by atoms with Gasteiger partial charge in [-0.05, 0) is 18.4 Å². The number of anilines is 1. The van der Waals surface area contributed by atoms with Gasteiger partial charge >= 0.3 is 6.03 Å². The van der Waals surface area contributed by atoms with Crippen molar-refractivity contribution in [1.82, 2.24) is 29.9 Å². The highest BCUT2D eigenvalue weighted by molar-refractivity contribution is 5.88. The SMILES string of the molecule is CCc1cc(NC(=O)N[C@H]2CCc3nnc(Cc4ccccc4)n3C2)n(C)n1. The van der Waals surface area contributed by atoms with Crippen LogP contribution >= 0.6 is 0 Å². The van der Waals surface area contributed by atoms with Crippen LogP contribution in [0.1, 0.15) is 36.3 Å². The number of aryl methyl sites for hydroxylation is 3. The molecule has 8 nitrogen and oxygen atoms in total. The Morgan fingerprint density at radius 3 is 2.82 bits per heavy atom. The molecule has 0 spiro atoms. The fraction of sp³-hybridized carbons (Fsp3) is 0.400. The summed E-state index contributed by atoms with van der Waals surface area (Å²) in [6.07, 6.45) is 3.23. The Bertz CT molecular complexity index is 960. The molecule has 2 aromatic heterocycles. The summed E-state index contributed by atoms with van der Waals surface area (Å²) in [5, 5.41) is 19.0. The summed E-state index contributed by atoms with van der Waals surface area (Å²) in [4.78, 5) is 12.5. The van der Waals surface area contributed by atoms with Crippen molar-refractivity contribution in [3.05, 3.63) is 59.3 Å². The van der Waals surface area contributed by atoms with Gasteiger partial charge in [0, 0.05) is 38.5 Å². The van der Waals surface area contributed by atoms with Gasteiger partial charge in [0.1, 0.15) is 17.5 Å². The van der Waals surface area contributed by atoms with Gasteiger partial charge in [0.2, 0.25) is 0 Å². The van der Waals surface area contributed by atoms with Crippen LogP contribution in [0.15, 0.2) is 36.4 Å². The number of nitrogens with one attached hydrogen (secondary N) is 2. The zero-order chi connectivity index (χ0) is 19.5. The van der Waals surface area contributed by atoms with Crippen molar-refractivity contribution in [3.8, 4) is 0 Å². The molecule has 0 radical (unpaired) electrons. The van der Waals surface area contributed by atoms with Crippen LogP contribution in [0.3, 0.4) is 0 Å². The van der Waals surface area contributed by atoms with E-state index in [-0.39, 0.29) is 12.1 Å². The third-order valence-corrected chi connectivity index (χ3v) is 5.10. The fourth-order valence-corrected chi connectivity index (χ4v) is 3.56. The minimum absolute atomic E-state index is 0.0388. The molecule has 0 bridgehead atoms. The van der Waals surface area contributed by atoms with E-state index < -0.39 is 0 Å². The highest BCUT2D eigenvalue weighted by atomic mass is 16.2. The highest BCUT2D eigenvalue weighted by Crippen LogP contribution is 2.18. The molecule has 0 aliphatic carbocycles. The lowest BCUT2D eigenvalue weighted by molar-refractivity contribution is 0.244. The molecule has 0 saturated carbocycles. The minimum Gasteiger partial charge on any atom is -0.333 e. The first kappa shape index (κ1) is 18.2. The van der Waals surface area contributed by atoms with Gasteiger partial charge < -0.3 is 9.88 Å². The van der Waals surface area contributed by atoms with Crippen LogP contribution in [-0.4, -0.2) is 36.6 Å². The molecule has 3 heterocycles. The molecule has 0 saturated heterocycles. The lowest BCUT2D eigenvalue weighted by Gasteiger charge is -2.25. The average Bonchev–Trinajstić information content (AvgIpc) is 3.26. The zero-order valence-corrected chi connectivity index (χ0v) is 16.2. The largest absolute Gasteiger partial charge is 0.333 e. The number of carbonyl (C=O) groups is 1. The first-order valence-electron chi connectivity index (χ1n) is 9.67. The lowest BCUT2D eigenvalue weighted by Crippen LogP contribution is -2.43. The number of urea groups is 1. The van der Waals surface area contributed by atoms with E-state index in [9.17, 15) is 4.79 Å². The number of hydrogen-bond acceptors (Lipinski definition) is 4. The van der Waals surface area contributed by atoms with Crippen molar-refractivity contribution in [2.24, 2.45) is 7.05 Å². The molecule has 0 unspecified atom stereocenters. The van der Waals surface area contributed by atoms with E-state index in [1.165, 1.54) is 5.56 Å². The standard InChI is InChI=1S/C20H25N7O/c1-3-15-12-18(26(2)25-15)22-20(28)21-16-9-10-17-23-24-19(27(17)13-16)11-14-7-5-4-6-8-14/h4-8,12,16H,3,9-11,13H2,1-2H3,(H2,21,22,28)/t16-/m0/s1. The molecule has 8 heteroatoms.